The fraction of sp³-hybridized carbons (Fsp3) is 0.357. The summed E-state index contributed by atoms with van der Waals surface area (Å²) < 4.78 is 6.02. The van der Waals surface area contributed by atoms with Gasteiger partial charge >= 0.3 is 0 Å². The molecule has 2 heterocycles. The first-order chi connectivity index (χ1) is 10.7. The number of nitrogens with zero attached hydrogens (tertiary/aromatic N) is 3. The van der Waals surface area contributed by atoms with Crippen molar-refractivity contribution in [2.24, 2.45) is 0 Å². The number of carbonyl (C=O) groups excluding carboxylic acids is 1. The Bertz CT molecular complexity index is 629. The van der Waals surface area contributed by atoms with E-state index in [0.717, 1.165) is 5.56 Å². The van der Waals surface area contributed by atoms with Crippen molar-refractivity contribution in [2.75, 3.05) is 32.0 Å². The van der Waals surface area contributed by atoms with Crippen LogP contribution in [0.5, 0.6) is 0 Å². The Labute approximate surface area is 136 Å². The zero-order chi connectivity index (χ0) is 15.4. The maximum absolute atomic E-state index is 12.9. The van der Waals surface area contributed by atoms with Gasteiger partial charge in [-0.05, 0) is 5.56 Å². The molecule has 0 saturated carbocycles. The molecule has 1 amide bonds. The van der Waals surface area contributed by atoms with Crippen molar-refractivity contribution >= 4 is 34.1 Å². The fourth-order valence-corrected chi connectivity index (χ4v) is 4.12. The van der Waals surface area contributed by atoms with E-state index in [1.807, 2.05) is 35.2 Å². The van der Waals surface area contributed by atoms with E-state index in [9.17, 15) is 4.79 Å². The summed E-state index contributed by atoms with van der Waals surface area (Å²) in [6.45, 7) is 2.43. The average molecular weight is 336 g/mol. The number of hydrogen-bond acceptors (Lipinski definition) is 7. The van der Waals surface area contributed by atoms with Crippen molar-refractivity contribution in [2.45, 2.75) is 9.59 Å². The second-order valence-electron chi connectivity index (χ2n) is 4.75. The lowest BCUT2D eigenvalue weighted by Gasteiger charge is -2.30. The van der Waals surface area contributed by atoms with Gasteiger partial charge in [0, 0.05) is 13.1 Å². The quantitative estimate of drug-likeness (QED) is 0.858. The van der Waals surface area contributed by atoms with Crippen LogP contribution in [0.4, 0.5) is 5.13 Å². The second-order valence-corrected chi connectivity index (χ2v) is 7.11. The number of thioether (sulfide) groups is 1. The van der Waals surface area contributed by atoms with Crippen molar-refractivity contribution in [1.29, 1.82) is 0 Å². The summed E-state index contributed by atoms with van der Waals surface area (Å²) in [5.41, 5.74) is 6.59. The lowest BCUT2D eigenvalue weighted by molar-refractivity contribution is -0.134. The highest BCUT2D eigenvalue weighted by Gasteiger charge is 2.29. The largest absolute Gasteiger partial charge is 0.378 e. The van der Waals surface area contributed by atoms with Gasteiger partial charge in [0.2, 0.25) is 11.0 Å². The van der Waals surface area contributed by atoms with Crippen molar-refractivity contribution in [3.05, 3.63) is 35.9 Å². The van der Waals surface area contributed by atoms with Crippen molar-refractivity contribution < 1.29 is 9.53 Å². The number of aromatic nitrogens is 2. The molecule has 3 rings (SSSR count). The van der Waals surface area contributed by atoms with E-state index in [1.165, 1.54) is 23.1 Å². The molecule has 1 atom stereocenters. The molecule has 1 aliphatic rings. The number of carbonyl (C=O) groups is 1. The molecular formula is C14H16N4O2S2. The Hall–Kier alpha value is -1.64. The van der Waals surface area contributed by atoms with Crippen molar-refractivity contribution in [1.82, 2.24) is 15.1 Å². The van der Waals surface area contributed by atoms with Gasteiger partial charge in [-0.25, -0.2) is 0 Å². The number of morpholine rings is 1. The van der Waals surface area contributed by atoms with Gasteiger partial charge in [0.25, 0.3) is 0 Å². The van der Waals surface area contributed by atoms with Gasteiger partial charge in [0.1, 0.15) is 5.25 Å². The standard InChI is InChI=1S/C14H16N4O2S2/c15-13-16-17-14(22-13)21-11(10-4-2-1-3-5-10)12(19)18-6-8-20-9-7-18/h1-5,11H,6-9H2,(H2,15,16)/t11-/m0/s1. The highest BCUT2D eigenvalue weighted by molar-refractivity contribution is 8.01. The molecule has 8 heteroatoms. The van der Waals surface area contributed by atoms with Gasteiger partial charge in [0.05, 0.1) is 13.2 Å². The topological polar surface area (TPSA) is 81.3 Å². The Morgan fingerprint density at radius 1 is 1.27 bits per heavy atom. The molecular weight excluding hydrogens is 320 g/mol. The number of nitrogens with two attached hydrogens (primary N) is 1. The molecule has 116 valence electrons. The van der Waals surface area contributed by atoms with Crippen molar-refractivity contribution in [3.63, 3.8) is 0 Å². The Balaban J connectivity index is 1.83. The number of rotatable bonds is 4. The summed E-state index contributed by atoms with van der Waals surface area (Å²) in [6, 6.07) is 9.72. The Kier molecular flexibility index (Phi) is 4.91. The van der Waals surface area contributed by atoms with E-state index in [4.69, 9.17) is 10.5 Å². The van der Waals surface area contributed by atoms with E-state index in [2.05, 4.69) is 10.2 Å². The smallest absolute Gasteiger partial charge is 0.240 e. The van der Waals surface area contributed by atoms with E-state index < -0.39 is 0 Å². The zero-order valence-corrected chi connectivity index (χ0v) is 13.5. The second kappa shape index (κ2) is 7.08. The number of benzene rings is 1. The molecule has 0 radical (unpaired) electrons. The van der Waals surface area contributed by atoms with Crippen LogP contribution in [0.1, 0.15) is 10.8 Å². The summed E-state index contributed by atoms with van der Waals surface area (Å²) >= 11 is 2.70. The average Bonchev–Trinajstić information content (AvgIpc) is 2.99. The SMILES string of the molecule is Nc1nnc(S[C@H](C(=O)N2CCOCC2)c2ccccc2)s1. The van der Waals surface area contributed by atoms with E-state index in [0.29, 0.717) is 35.8 Å². The number of ether oxygens (including phenoxy) is 1. The van der Waals surface area contributed by atoms with Crippen LogP contribution in [0, 0.1) is 0 Å². The molecule has 1 aromatic heterocycles. The van der Waals surface area contributed by atoms with Gasteiger partial charge in [-0.15, -0.1) is 10.2 Å². The third kappa shape index (κ3) is 3.57. The summed E-state index contributed by atoms with van der Waals surface area (Å²) in [7, 11) is 0. The first-order valence-electron chi connectivity index (χ1n) is 6.91. The number of nitrogen functional groups attached to an aromatic ring is 1. The number of amides is 1. The minimum atomic E-state index is -0.341. The molecule has 2 N–H and O–H groups in total. The molecule has 22 heavy (non-hydrogen) atoms. The highest BCUT2D eigenvalue weighted by Crippen LogP contribution is 2.38. The van der Waals surface area contributed by atoms with Gasteiger partial charge < -0.3 is 15.4 Å². The molecule has 0 unspecified atom stereocenters. The van der Waals surface area contributed by atoms with Gasteiger partial charge in [-0.1, -0.05) is 53.4 Å². The maximum atomic E-state index is 12.9. The van der Waals surface area contributed by atoms with Crippen LogP contribution >= 0.6 is 23.1 Å². The van der Waals surface area contributed by atoms with E-state index >= 15 is 0 Å². The Morgan fingerprint density at radius 2 is 2.00 bits per heavy atom. The molecule has 1 aliphatic heterocycles. The minimum Gasteiger partial charge on any atom is -0.378 e. The van der Waals surface area contributed by atoms with E-state index in [-0.39, 0.29) is 11.2 Å². The van der Waals surface area contributed by atoms with Gasteiger partial charge in [-0.3, -0.25) is 4.79 Å². The molecule has 1 aromatic carbocycles. The summed E-state index contributed by atoms with van der Waals surface area (Å²) in [5, 5.41) is 7.90. The van der Waals surface area contributed by atoms with Crippen LogP contribution in [-0.4, -0.2) is 47.3 Å². The van der Waals surface area contributed by atoms with Crippen LogP contribution in [0.3, 0.4) is 0 Å². The first-order valence-corrected chi connectivity index (χ1v) is 8.61. The third-order valence-corrected chi connectivity index (χ3v) is 5.37. The molecule has 6 nitrogen and oxygen atoms in total. The van der Waals surface area contributed by atoms with Crippen LogP contribution in [0.15, 0.2) is 34.7 Å². The summed E-state index contributed by atoms with van der Waals surface area (Å²) in [5.74, 6) is 0.0771. The monoisotopic (exact) mass is 336 g/mol. The zero-order valence-electron chi connectivity index (χ0n) is 11.8. The van der Waals surface area contributed by atoms with Gasteiger partial charge in [0.15, 0.2) is 4.34 Å². The molecule has 2 aromatic rings. The lowest BCUT2D eigenvalue weighted by atomic mass is 10.1. The molecule has 1 fully saturated rings. The fourth-order valence-electron chi connectivity index (χ4n) is 2.21. The number of anilines is 1. The maximum Gasteiger partial charge on any atom is 0.240 e. The van der Waals surface area contributed by atoms with Crippen LogP contribution in [0.2, 0.25) is 0 Å². The molecule has 0 aliphatic carbocycles. The lowest BCUT2D eigenvalue weighted by Crippen LogP contribution is -2.42. The van der Waals surface area contributed by atoms with Crippen LogP contribution in [-0.2, 0) is 9.53 Å². The predicted molar refractivity (Wildman–Crippen MR) is 86.8 cm³/mol. The third-order valence-electron chi connectivity index (χ3n) is 3.29. The Morgan fingerprint density at radius 3 is 2.64 bits per heavy atom. The van der Waals surface area contributed by atoms with Crippen molar-refractivity contribution in [3.8, 4) is 0 Å². The molecule has 0 spiro atoms. The predicted octanol–water partition coefficient (Wildman–Crippen LogP) is 1.81. The van der Waals surface area contributed by atoms with Crippen LogP contribution < -0.4 is 5.73 Å². The van der Waals surface area contributed by atoms with Crippen LogP contribution in [0.25, 0.3) is 0 Å². The molecule has 0 bridgehead atoms. The van der Waals surface area contributed by atoms with Gasteiger partial charge in [-0.2, -0.15) is 0 Å². The highest BCUT2D eigenvalue weighted by atomic mass is 32.2. The summed E-state index contributed by atoms with van der Waals surface area (Å²) in [4.78, 5) is 14.7. The summed E-state index contributed by atoms with van der Waals surface area (Å²) in [6.07, 6.45) is 0. The normalized spacial score (nSPS) is 16.5. The minimum absolute atomic E-state index is 0.0771. The first kappa shape index (κ1) is 15.3. The number of hydrogen-bond donors (Lipinski definition) is 1. The molecule has 1 saturated heterocycles. The van der Waals surface area contributed by atoms with E-state index in [1.54, 1.807) is 0 Å².